The summed E-state index contributed by atoms with van der Waals surface area (Å²) in [6, 6.07) is 3.02. The van der Waals surface area contributed by atoms with Crippen LogP contribution in [0.1, 0.15) is 13.8 Å². The molecule has 0 saturated carbocycles. The van der Waals surface area contributed by atoms with Crippen LogP contribution in [0.3, 0.4) is 0 Å². The van der Waals surface area contributed by atoms with Gasteiger partial charge in [0.05, 0.1) is 0 Å². The number of aromatic nitrogens is 1. The zero-order valence-corrected chi connectivity index (χ0v) is 12.9. The molecule has 1 N–H and O–H groups in total. The van der Waals surface area contributed by atoms with Crippen LogP contribution in [0.2, 0.25) is 0 Å². The first-order valence-corrected chi connectivity index (χ1v) is 7.06. The van der Waals surface area contributed by atoms with Gasteiger partial charge >= 0.3 is 0 Å². The van der Waals surface area contributed by atoms with Crippen molar-refractivity contribution in [1.82, 2.24) is 14.8 Å². The monoisotopic (exact) mass is 341 g/mol. The van der Waals surface area contributed by atoms with Crippen molar-refractivity contribution in [3.63, 3.8) is 0 Å². The Bertz CT molecular complexity index is 609. The highest BCUT2D eigenvalue weighted by atomic mass is 79.9. The number of nitrogens with zero attached hydrogens (tertiary/aromatic N) is 2. The Morgan fingerprint density at radius 1 is 1.40 bits per heavy atom. The maximum atomic E-state index is 12.4. The Morgan fingerprint density at radius 2 is 2.10 bits per heavy atom. The molecule has 0 spiro atoms. The number of halogens is 1. The lowest BCUT2D eigenvalue weighted by molar-refractivity contribution is -0.149. The molecule has 0 bridgehead atoms. The molecule has 6 nitrogen and oxygen atoms in total. The van der Waals surface area contributed by atoms with E-state index in [9.17, 15) is 14.4 Å². The van der Waals surface area contributed by atoms with Gasteiger partial charge in [0.2, 0.25) is 11.8 Å². The molecule has 7 heteroatoms. The maximum Gasteiger partial charge on any atom is 0.251 e. The molecule has 0 atom stereocenters. The van der Waals surface area contributed by atoms with Crippen molar-refractivity contribution >= 4 is 27.7 Å². The molecule has 2 heterocycles. The molecule has 1 aliphatic heterocycles. The second-order valence-corrected chi connectivity index (χ2v) is 6.09. The van der Waals surface area contributed by atoms with Gasteiger partial charge in [-0.05, 0) is 35.8 Å². The molecule has 1 saturated heterocycles. The van der Waals surface area contributed by atoms with Crippen molar-refractivity contribution in [3.8, 4) is 0 Å². The molecule has 2 rings (SSSR count). The van der Waals surface area contributed by atoms with E-state index in [0.717, 1.165) is 4.47 Å². The molecule has 1 fully saturated rings. The molecule has 1 aliphatic rings. The standard InChI is InChI=1S/C13H16BrN3O3/c1-13(2)12(20)15-5-6-17(13)11(19)8-16-7-9(14)3-4-10(16)18/h3-4,7H,5-6,8H2,1-2H3,(H,15,20). The average Bonchev–Trinajstić information content (AvgIpc) is 2.37. The van der Waals surface area contributed by atoms with Gasteiger partial charge in [0.1, 0.15) is 12.1 Å². The van der Waals surface area contributed by atoms with Crippen LogP contribution in [0.25, 0.3) is 0 Å². The number of amides is 2. The first-order chi connectivity index (χ1) is 9.32. The molecule has 0 radical (unpaired) electrons. The Hall–Kier alpha value is -1.63. The van der Waals surface area contributed by atoms with E-state index in [1.165, 1.54) is 15.5 Å². The third-order valence-electron chi connectivity index (χ3n) is 3.41. The van der Waals surface area contributed by atoms with Crippen molar-refractivity contribution in [1.29, 1.82) is 0 Å². The first-order valence-electron chi connectivity index (χ1n) is 6.27. The summed E-state index contributed by atoms with van der Waals surface area (Å²) in [5.41, 5.74) is -1.15. The summed E-state index contributed by atoms with van der Waals surface area (Å²) in [7, 11) is 0. The second kappa shape index (κ2) is 5.40. The number of rotatable bonds is 2. The van der Waals surface area contributed by atoms with Gasteiger partial charge in [0.15, 0.2) is 0 Å². The molecular weight excluding hydrogens is 326 g/mol. The topological polar surface area (TPSA) is 71.4 Å². The molecule has 0 aromatic carbocycles. The van der Waals surface area contributed by atoms with Gasteiger partial charge in [-0.25, -0.2) is 0 Å². The van der Waals surface area contributed by atoms with Gasteiger partial charge in [-0.3, -0.25) is 14.4 Å². The summed E-state index contributed by atoms with van der Waals surface area (Å²) < 4.78 is 2.05. The largest absolute Gasteiger partial charge is 0.352 e. The fourth-order valence-corrected chi connectivity index (χ4v) is 2.57. The van der Waals surface area contributed by atoms with Crippen LogP contribution in [0.4, 0.5) is 0 Å². The van der Waals surface area contributed by atoms with Crippen LogP contribution < -0.4 is 10.9 Å². The van der Waals surface area contributed by atoms with Crippen molar-refractivity contribution in [3.05, 3.63) is 33.2 Å². The predicted octanol–water partition coefficient (Wildman–Crippen LogP) is 0.348. The Morgan fingerprint density at radius 3 is 2.80 bits per heavy atom. The normalized spacial score (nSPS) is 17.8. The third-order valence-corrected chi connectivity index (χ3v) is 3.87. The smallest absolute Gasteiger partial charge is 0.251 e. The second-order valence-electron chi connectivity index (χ2n) is 5.17. The first kappa shape index (κ1) is 14.8. The van der Waals surface area contributed by atoms with E-state index in [1.807, 2.05) is 0 Å². The van der Waals surface area contributed by atoms with Gasteiger partial charge in [-0.15, -0.1) is 0 Å². The number of carbonyl (C=O) groups is 2. The maximum absolute atomic E-state index is 12.4. The SMILES string of the molecule is CC1(C)C(=O)NCCN1C(=O)Cn1cc(Br)ccc1=O. The Balaban J connectivity index is 2.21. The predicted molar refractivity (Wildman–Crippen MR) is 77.2 cm³/mol. The molecule has 0 aliphatic carbocycles. The highest BCUT2D eigenvalue weighted by Gasteiger charge is 2.40. The highest BCUT2D eigenvalue weighted by Crippen LogP contribution is 2.18. The van der Waals surface area contributed by atoms with E-state index in [-0.39, 0.29) is 23.9 Å². The van der Waals surface area contributed by atoms with E-state index in [4.69, 9.17) is 0 Å². The van der Waals surface area contributed by atoms with Crippen LogP contribution in [0, 0.1) is 0 Å². The lowest BCUT2D eigenvalue weighted by Crippen LogP contribution is -2.64. The third kappa shape index (κ3) is 2.77. The average molecular weight is 342 g/mol. The van der Waals surface area contributed by atoms with E-state index in [2.05, 4.69) is 21.2 Å². The number of pyridine rings is 1. The van der Waals surface area contributed by atoms with Crippen molar-refractivity contribution in [2.24, 2.45) is 0 Å². The molecular formula is C13H16BrN3O3. The zero-order chi connectivity index (χ0) is 14.9. The summed E-state index contributed by atoms with van der Waals surface area (Å²) in [5, 5.41) is 2.73. The van der Waals surface area contributed by atoms with E-state index < -0.39 is 5.54 Å². The minimum absolute atomic E-state index is 0.0744. The summed E-state index contributed by atoms with van der Waals surface area (Å²) in [4.78, 5) is 37.4. The summed E-state index contributed by atoms with van der Waals surface area (Å²) in [6.45, 7) is 4.20. The molecule has 20 heavy (non-hydrogen) atoms. The van der Waals surface area contributed by atoms with Crippen LogP contribution >= 0.6 is 15.9 Å². The van der Waals surface area contributed by atoms with Gasteiger partial charge in [0, 0.05) is 29.8 Å². The van der Waals surface area contributed by atoms with E-state index in [0.29, 0.717) is 13.1 Å². The molecule has 1 aromatic rings. The number of piperazine rings is 1. The molecule has 108 valence electrons. The Kier molecular flexibility index (Phi) is 3.99. The van der Waals surface area contributed by atoms with Crippen LogP contribution in [0.5, 0.6) is 0 Å². The number of nitrogens with one attached hydrogen (secondary N) is 1. The number of hydrogen-bond donors (Lipinski definition) is 1. The fraction of sp³-hybridized carbons (Fsp3) is 0.462. The van der Waals surface area contributed by atoms with E-state index >= 15 is 0 Å². The summed E-state index contributed by atoms with van der Waals surface area (Å²) >= 11 is 3.27. The van der Waals surface area contributed by atoms with Crippen LogP contribution in [-0.2, 0) is 16.1 Å². The van der Waals surface area contributed by atoms with E-state index in [1.54, 1.807) is 26.1 Å². The van der Waals surface area contributed by atoms with Crippen molar-refractivity contribution in [2.45, 2.75) is 25.9 Å². The van der Waals surface area contributed by atoms with Gasteiger partial charge in [-0.1, -0.05) is 0 Å². The highest BCUT2D eigenvalue weighted by molar-refractivity contribution is 9.10. The van der Waals surface area contributed by atoms with Gasteiger partial charge < -0.3 is 14.8 Å². The van der Waals surface area contributed by atoms with Crippen LogP contribution in [0.15, 0.2) is 27.6 Å². The molecule has 0 unspecified atom stereocenters. The summed E-state index contributed by atoms with van der Waals surface area (Å²) in [6.07, 6.45) is 1.57. The fourth-order valence-electron chi connectivity index (χ4n) is 2.19. The van der Waals surface area contributed by atoms with Crippen molar-refractivity contribution in [2.75, 3.05) is 13.1 Å². The molecule has 2 amide bonds. The quantitative estimate of drug-likeness (QED) is 0.843. The van der Waals surface area contributed by atoms with Gasteiger partial charge in [-0.2, -0.15) is 0 Å². The number of carbonyl (C=O) groups excluding carboxylic acids is 2. The lowest BCUT2D eigenvalue weighted by atomic mass is 9.99. The minimum atomic E-state index is -0.898. The number of hydrogen-bond acceptors (Lipinski definition) is 3. The minimum Gasteiger partial charge on any atom is -0.352 e. The molecule has 1 aromatic heterocycles. The Labute approximate surface area is 124 Å². The summed E-state index contributed by atoms with van der Waals surface area (Å²) in [5.74, 6) is -0.427. The van der Waals surface area contributed by atoms with Gasteiger partial charge in [0.25, 0.3) is 5.56 Å². The van der Waals surface area contributed by atoms with Crippen LogP contribution in [-0.4, -0.2) is 39.9 Å². The van der Waals surface area contributed by atoms with Crippen molar-refractivity contribution < 1.29 is 9.59 Å². The lowest BCUT2D eigenvalue weighted by Gasteiger charge is -2.41. The zero-order valence-electron chi connectivity index (χ0n) is 11.4.